The van der Waals surface area contributed by atoms with Gasteiger partial charge in [-0.05, 0) is 26.4 Å². The van der Waals surface area contributed by atoms with Crippen LogP contribution in [0.5, 0.6) is 0 Å². The fourth-order valence-electron chi connectivity index (χ4n) is 2.23. The van der Waals surface area contributed by atoms with Crippen LogP contribution in [0.1, 0.15) is 25.7 Å². The van der Waals surface area contributed by atoms with Gasteiger partial charge >= 0.3 is 0 Å². The van der Waals surface area contributed by atoms with Crippen molar-refractivity contribution < 1.29 is 0 Å². The van der Waals surface area contributed by atoms with Gasteiger partial charge < -0.3 is 10.2 Å². The van der Waals surface area contributed by atoms with Crippen LogP contribution in [0.15, 0.2) is 11.0 Å². The van der Waals surface area contributed by atoms with Gasteiger partial charge in [-0.3, -0.25) is 4.79 Å². The molecule has 1 saturated carbocycles. The molecule has 6 heteroatoms. The first kappa shape index (κ1) is 15.3. The third-order valence-electron chi connectivity index (χ3n) is 3.84. The van der Waals surface area contributed by atoms with Crippen LogP contribution in [-0.2, 0) is 6.54 Å². The summed E-state index contributed by atoms with van der Waals surface area (Å²) in [4.78, 5) is 14.1. The largest absolute Gasteiger partial charge is 0.382 e. The van der Waals surface area contributed by atoms with E-state index >= 15 is 0 Å². The molecule has 1 aliphatic rings. The summed E-state index contributed by atoms with van der Waals surface area (Å²) in [5.74, 6) is 0.842. The third-order valence-corrected chi connectivity index (χ3v) is 4.20. The molecule has 2 rings (SSSR count). The molecule has 1 aliphatic carbocycles. The predicted octanol–water partition coefficient (Wildman–Crippen LogP) is 2.06. The number of rotatable bonds is 7. The Morgan fingerprint density at radius 2 is 2.25 bits per heavy atom. The van der Waals surface area contributed by atoms with Crippen molar-refractivity contribution in [3.05, 3.63) is 21.6 Å². The summed E-state index contributed by atoms with van der Waals surface area (Å²) in [6, 6.07) is 0. The van der Waals surface area contributed by atoms with Crippen LogP contribution in [0.25, 0.3) is 0 Å². The number of nitrogens with zero attached hydrogens (tertiary/aromatic N) is 3. The highest BCUT2D eigenvalue weighted by Crippen LogP contribution is 2.29. The minimum absolute atomic E-state index is 0.220. The van der Waals surface area contributed by atoms with Gasteiger partial charge in [0, 0.05) is 13.1 Å². The second kappa shape index (κ2) is 7.09. The van der Waals surface area contributed by atoms with Crippen LogP contribution in [0, 0.1) is 5.92 Å². The summed E-state index contributed by atoms with van der Waals surface area (Å²) >= 11 is 6.13. The molecule has 5 nitrogen and oxygen atoms in total. The molecule has 1 heterocycles. The summed E-state index contributed by atoms with van der Waals surface area (Å²) in [5.41, 5.74) is 0.430. The Bertz CT molecular complexity index is 496. The lowest BCUT2D eigenvalue weighted by Crippen LogP contribution is -2.29. The zero-order valence-corrected chi connectivity index (χ0v) is 13.0. The van der Waals surface area contributed by atoms with E-state index < -0.39 is 0 Å². The molecule has 0 spiro atoms. The molecule has 1 aromatic rings. The maximum absolute atomic E-state index is 12.1. The maximum Gasteiger partial charge on any atom is 0.287 e. The van der Waals surface area contributed by atoms with Gasteiger partial charge in [-0.2, -0.15) is 5.10 Å². The van der Waals surface area contributed by atoms with Crippen LogP contribution in [0.3, 0.4) is 0 Å². The van der Waals surface area contributed by atoms with E-state index in [1.54, 1.807) is 6.20 Å². The molecule has 20 heavy (non-hydrogen) atoms. The molecule has 0 bridgehead atoms. The first-order valence-corrected chi connectivity index (χ1v) is 7.60. The van der Waals surface area contributed by atoms with Crippen molar-refractivity contribution in [1.29, 1.82) is 0 Å². The Morgan fingerprint density at radius 3 is 2.85 bits per heavy atom. The molecule has 0 radical (unpaired) electrons. The van der Waals surface area contributed by atoms with E-state index in [-0.39, 0.29) is 10.6 Å². The molecule has 0 aromatic carbocycles. The smallest absolute Gasteiger partial charge is 0.287 e. The Morgan fingerprint density at radius 1 is 1.50 bits per heavy atom. The first-order chi connectivity index (χ1) is 9.58. The van der Waals surface area contributed by atoms with E-state index in [1.165, 1.54) is 23.9 Å². The van der Waals surface area contributed by atoms with E-state index in [0.717, 1.165) is 25.4 Å². The van der Waals surface area contributed by atoms with Crippen molar-refractivity contribution in [3.63, 3.8) is 0 Å². The molecule has 0 amide bonds. The van der Waals surface area contributed by atoms with Crippen LogP contribution < -0.4 is 10.9 Å². The van der Waals surface area contributed by atoms with Crippen molar-refractivity contribution in [2.24, 2.45) is 5.92 Å². The number of halogens is 1. The molecule has 1 N–H and O–H groups in total. The monoisotopic (exact) mass is 298 g/mol. The van der Waals surface area contributed by atoms with Gasteiger partial charge in [0.05, 0.1) is 18.4 Å². The van der Waals surface area contributed by atoms with Gasteiger partial charge in [0.2, 0.25) is 0 Å². The zero-order chi connectivity index (χ0) is 14.5. The summed E-state index contributed by atoms with van der Waals surface area (Å²) < 4.78 is 1.42. The average molecular weight is 299 g/mol. The number of hydrogen-bond acceptors (Lipinski definition) is 4. The fraction of sp³-hybridized carbons (Fsp3) is 0.714. The molecule has 0 unspecified atom stereocenters. The van der Waals surface area contributed by atoms with Gasteiger partial charge in [0.15, 0.2) is 0 Å². The van der Waals surface area contributed by atoms with Gasteiger partial charge in [-0.1, -0.05) is 30.9 Å². The first-order valence-electron chi connectivity index (χ1n) is 7.22. The zero-order valence-electron chi connectivity index (χ0n) is 12.2. The van der Waals surface area contributed by atoms with E-state index in [9.17, 15) is 4.79 Å². The third kappa shape index (κ3) is 3.96. The Balaban J connectivity index is 1.92. The van der Waals surface area contributed by atoms with Crippen LogP contribution >= 0.6 is 11.6 Å². The number of likely N-dealkylation sites (N-methyl/N-ethyl adjacent to an activating group) is 1. The molecule has 112 valence electrons. The van der Waals surface area contributed by atoms with E-state index in [0.29, 0.717) is 12.2 Å². The summed E-state index contributed by atoms with van der Waals surface area (Å²) in [5, 5.41) is 7.64. The standard InChI is InChI=1S/C14H23ClN4O/c1-18(2)8-9-19-14(20)13(15)12(10-17-19)16-7-6-11-4-3-5-11/h10-11,16H,3-9H2,1-2H3. The lowest BCUT2D eigenvalue weighted by Gasteiger charge is -2.25. The second-order valence-corrected chi connectivity index (χ2v) is 6.09. The van der Waals surface area contributed by atoms with Gasteiger partial charge in [0.1, 0.15) is 5.02 Å². The van der Waals surface area contributed by atoms with E-state index in [4.69, 9.17) is 11.6 Å². The number of hydrogen-bond donors (Lipinski definition) is 1. The minimum atomic E-state index is -0.220. The predicted molar refractivity (Wildman–Crippen MR) is 82.5 cm³/mol. The van der Waals surface area contributed by atoms with Crippen LogP contribution in [0.2, 0.25) is 5.02 Å². The van der Waals surface area contributed by atoms with Crippen LogP contribution in [-0.4, -0.2) is 41.9 Å². The lowest BCUT2D eigenvalue weighted by atomic mass is 9.83. The summed E-state index contributed by atoms with van der Waals surface area (Å²) in [6.45, 7) is 2.17. The molecule has 0 saturated heterocycles. The van der Waals surface area contributed by atoms with Crippen molar-refractivity contribution >= 4 is 17.3 Å². The van der Waals surface area contributed by atoms with Gasteiger partial charge in [0.25, 0.3) is 5.56 Å². The Hall–Kier alpha value is -1.07. The van der Waals surface area contributed by atoms with Crippen molar-refractivity contribution in [1.82, 2.24) is 14.7 Å². The molecular weight excluding hydrogens is 276 g/mol. The molecule has 1 aromatic heterocycles. The SMILES string of the molecule is CN(C)CCn1ncc(NCCC2CCC2)c(Cl)c1=O. The summed E-state index contributed by atoms with van der Waals surface area (Å²) in [6.07, 6.45) is 6.81. The van der Waals surface area contributed by atoms with Crippen molar-refractivity contribution in [3.8, 4) is 0 Å². The highest BCUT2D eigenvalue weighted by atomic mass is 35.5. The second-order valence-electron chi connectivity index (χ2n) is 5.72. The van der Waals surface area contributed by atoms with E-state index in [2.05, 4.69) is 10.4 Å². The average Bonchev–Trinajstić information content (AvgIpc) is 2.36. The van der Waals surface area contributed by atoms with Gasteiger partial charge in [-0.25, -0.2) is 4.68 Å². The topological polar surface area (TPSA) is 50.2 Å². The molecular formula is C14H23ClN4O. The van der Waals surface area contributed by atoms with Crippen LogP contribution in [0.4, 0.5) is 5.69 Å². The fourth-order valence-corrected chi connectivity index (χ4v) is 2.45. The Labute approximate surface area is 124 Å². The highest BCUT2D eigenvalue weighted by Gasteiger charge is 2.17. The molecule has 0 aliphatic heterocycles. The maximum atomic E-state index is 12.1. The van der Waals surface area contributed by atoms with Crippen molar-refractivity contribution in [2.75, 3.05) is 32.5 Å². The number of nitrogens with one attached hydrogen (secondary N) is 1. The quantitative estimate of drug-likeness (QED) is 0.837. The van der Waals surface area contributed by atoms with E-state index in [1.807, 2.05) is 19.0 Å². The highest BCUT2D eigenvalue weighted by molar-refractivity contribution is 6.32. The summed E-state index contributed by atoms with van der Waals surface area (Å²) in [7, 11) is 3.92. The lowest BCUT2D eigenvalue weighted by molar-refractivity contribution is 0.303. The number of anilines is 1. The minimum Gasteiger partial charge on any atom is -0.382 e. The molecule has 0 atom stereocenters. The Kier molecular flexibility index (Phi) is 5.43. The van der Waals surface area contributed by atoms with Gasteiger partial charge in [-0.15, -0.1) is 0 Å². The number of aromatic nitrogens is 2. The van der Waals surface area contributed by atoms with Crippen molar-refractivity contribution in [2.45, 2.75) is 32.2 Å². The molecule has 1 fully saturated rings. The normalized spacial score (nSPS) is 15.4.